The predicted octanol–water partition coefficient (Wildman–Crippen LogP) is 3.36. The summed E-state index contributed by atoms with van der Waals surface area (Å²) in [6.07, 6.45) is 5.46. The van der Waals surface area contributed by atoms with Crippen LogP contribution < -0.4 is 10.6 Å². The van der Waals surface area contributed by atoms with E-state index in [1.165, 1.54) is 44.2 Å². The van der Waals surface area contributed by atoms with E-state index in [9.17, 15) is 9.50 Å². The second-order valence-electron chi connectivity index (χ2n) is 5.77. The van der Waals surface area contributed by atoms with Crippen molar-refractivity contribution in [3.05, 3.63) is 35.6 Å². The van der Waals surface area contributed by atoms with Gasteiger partial charge in [0, 0.05) is 12.6 Å². The number of halogens is 2. The fraction of sp³-hybridized carbons (Fsp3) is 0.588. The summed E-state index contributed by atoms with van der Waals surface area (Å²) in [5, 5.41) is 16.8. The van der Waals surface area contributed by atoms with E-state index in [0.717, 1.165) is 12.5 Å². The molecule has 1 saturated carbocycles. The van der Waals surface area contributed by atoms with Crippen LogP contribution in [0.1, 0.15) is 50.7 Å². The number of benzene rings is 1. The Bertz CT molecular complexity index is 475. The Hall–Kier alpha value is -0.890. The van der Waals surface area contributed by atoms with Gasteiger partial charge in [0.2, 0.25) is 0 Å². The Morgan fingerprint density at radius 2 is 1.91 bits per heavy atom. The number of nitrogens with zero attached hydrogens (tertiary/aromatic N) is 1. The van der Waals surface area contributed by atoms with Crippen molar-refractivity contribution in [2.75, 3.05) is 13.1 Å². The molecule has 0 aliphatic heterocycles. The molecule has 1 aliphatic carbocycles. The lowest BCUT2D eigenvalue weighted by atomic mass is 9.96. The van der Waals surface area contributed by atoms with Crippen LogP contribution in [0.2, 0.25) is 0 Å². The van der Waals surface area contributed by atoms with Crippen LogP contribution in [0, 0.1) is 5.82 Å². The van der Waals surface area contributed by atoms with Gasteiger partial charge in [-0.15, -0.1) is 24.0 Å². The molecule has 130 valence electrons. The average molecular weight is 435 g/mol. The lowest BCUT2D eigenvalue weighted by Crippen LogP contribution is -2.44. The zero-order valence-corrected chi connectivity index (χ0v) is 15.9. The van der Waals surface area contributed by atoms with Gasteiger partial charge in [-0.3, -0.25) is 4.99 Å². The molecular formula is C17H27FIN3O. The number of nitrogens with one attached hydrogen (secondary N) is 2. The van der Waals surface area contributed by atoms with Crippen LogP contribution in [0.15, 0.2) is 29.3 Å². The van der Waals surface area contributed by atoms with E-state index in [4.69, 9.17) is 0 Å². The number of guanidine groups is 1. The van der Waals surface area contributed by atoms with Crippen LogP contribution in [0.4, 0.5) is 4.39 Å². The molecule has 0 amide bonds. The van der Waals surface area contributed by atoms with Gasteiger partial charge in [-0.2, -0.15) is 0 Å². The molecule has 0 aromatic heterocycles. The van der Waals surface area contributed by atoms with Crippen molar-refractivity contribution in [3.63, 3.8) is 0 Å². The highest BCUT2D eigenvalue weighted by atomic mass is 127. The van der Waals surface area contributed by atoms with Crippen molar-refractivity contribution >= 4 is 29.9 Å². The average Bonchev–Trinajstić information content (AvgIpc) is 2.54. The van der Waals surface area contributed by atoms with Crippen molar-refractivity contribution < 1.29 is 9.50 Å². The topological polar surface area (TPSA) is 56.7 Å². The molecule has 0 heterocycles. The number of rotatable bonds is 5. The third kappa shape index (κ3) is 7.03. The fourth-order valence-corrected chi connectivity index (χ4v) is 2.73. The highest BCUT2D eigenvalue weighted by molar-refractivity contribution is 14.0. The van der Waals surface area contributed by atoms with E-state index in [0.29, 0.717) is 11.6 Å². The molecule has 1 aromatic rings. The first-order valence-electron chi connectivity index (χ1n) is 8.17. The van der Waals surface area contributed by atoms with E-state index in [1.54, 1.807) is 12.1 Å². The number of hydrogen-bond acceptors (Lipinski definition) is 2. The summed E-state index contributed by atoms with van der Waals surface area (Å²) in [5.41, 5.74) is 0.679. The van der Waals surface area contributed by atoms with Gasteiger partial charge >= 0.3 is 0 Å². The van der Waals surface area contributed by atoms with Crippen LogP contribution in [0.3, 0.4) is 0 Å². The maximum absolute atomic E-state index is 12.9. The van der Waals surface area contributed by atoms with Crippen molar-refractivity contribution in [2.45, 2.75) is 51.2 Å². The quantitative estimate of drug-likeness (QED) is 0.378. The monoisotopic (exact) mass is 435 g/mol. The van der Waals surface area contributed by atoms with Crippen molar-refractivity contribution in [2.24, 2.45) is 4.99 Å². The van der Waals surface area contributed by atoms with Crippen LogP contribution in [0.5, 0.6) is 0 Å². The molecule has 0 saturated heterocycles. The Balaban J connectivity index is 0.00000264. The molecule has 1 fully saturated rings. The standard InChI is InChI=1S/C17H26FN3O.HI/c1-2-19-17(21-15-6-4-3-5-7-15)20-12-16(22)13-8-10-14(18)11-9-13;/h8-11,15-16,22H,2-7,12H2,1H3,(H2,19,20,21);1H. The number of aliphatic hydroxyl groups is 1. The minimum atomic E-state index is -0.720. The van der Waals surface area contributed by atoms with Gasteiger partial charge in [-0.25, -0.2) is 4.39 Å². The number of hydrogen-bond donors (Lipinski definition) is 3. The molecular weight excluding hydrogens is 408 g/mol. The molecule has 4 nitrogen and oxygen atoms in total. The first-order valence-corrected chi connectivity index (χ1v) is 8.17. The van der Waals surface area contributed by atoms with Gasteiger partial charge in [0.05, 0.1) is 12.6 Å². The first kappa shape index (κ1) is 20.2. The summed E-state index contributed by atoms with van der Waals surface area (Å²) >= 11 is 0. The van der Waals surface area contributed by atoms with Gasteiger partial charge < -0.3 is 15.7 Å². The van der Waals surface area contributed by atoms with Crippen LogP contribution in [0.25, 0.3) is 0 Å². The van der Waals surface area contributed by atoms with Gasteiger partial charge in [0.1, 0.15) is 5.82 Å². The normalized spacial score (nSPS) is 17.3. The lowest BCUT2D eigenvalue weighted by molar-refractivity contribution is 0.187. The van der Waals surface area contributed by atoms with E-state index in [1.807, 2.05) is 6.92 Å². The molecule has 1 atom stereocenters. The van der Waals surface area contributed by atoms with Crippen molar-refractivity contribution in [3.8, 4) is 0 Å². The summed E-state index contributed by atoms with van der Waals surface area (Å²) in [7, 11) is 0. The van der Waals surface area contributed by atoms with Gasteiger partial charge in [-0.1, -0.05) is 31.4 Å². The lowest BCUT2D eigenvalue weighted by Gasteiger charge is -2.25. The minimum Gasteiger partial charge on any atom is -0.386 e. The summed E-state index contributed by atoms with van der Waals surface area (Å²) in [4.78, 5) is 4.46. The summed E-state index contributed by atoms with van der Waals surface area (Å²) in [6.45, 7) is 3.06. The predicted molar refractivity (Wildman–Crippen MR) is 103 cm³/mol. The Morgan fingerprint density at radius 1 is 1.26 bits per heavy atom. The molecule has 0 bridgehead atoms. The second kappa shape index (κ2) is 10.8. The highest BCUT2D eigenvalue weighted by Gasteiger charge is 2.15. The molecule has 1 unspecified atom stereocenters. The zero-order chi connectivity index (χ0) is 15.8. The Morgan fingerprint density at radius 3 is 2.52 bits per heavy atom. The summed E-state index contributed by atoms with van der Waals surface area (Å²) in [5.74, 6) is 0.447. The third-order valence-electron chi connectivity index (χ3n) is 3.97. The summed E-state index contributed by atoms with van der Waals surface area (Å²) < 4.78 is 12.9. The van der Waals surface area contributed by atoms with Crippen LogP contribution in [-0.4, -0.2) is 30.2 Å². The fourth-order valence-electron chi connectivity index (χ4n) is 2.73. The number of aliphatic imine (C=N–C) groups is 1. The molecule has 1 aliphatic rings. The van der Waals surface area contributed by atoms with Gasteiger partial charge in [-0.05, 0) is 37.5 Å². The Kier molecular flexibility index (Phi) is 9.47. The first-order chi connectivity index (χ1) is 10.7. The van der Waals surface area contributed by atoms with Crippen LogP contribution in [-0.2, 0) is 0 Å². The molecule has 2 rings (SSSR count). The SMILES string of the molecule is CCNC(=NCC(O)c1ccc(F)cc1)NC1CCCCC1.I. The summed E-state index contributed by atoms with van der Waals surface area (Å²) in [6, 6.07) is 6.37. The maximum Gasteiger partial charge on any atom is 0.191 e. The highest BCUT2D eigenvalue weighted by Crippen LogP contribution is 2.17. The maximum atomic E-state index is 12.9. The Labute approximate surface area is 155 Å². The van der Waals surface area contributed by atoms with Crippen molar-refractivity contribution in [1.29, 1.82) is 0 Å². The number of aliphatic hydroxyl groups excluding tert-OH is 1. The van der Waals surface area contributed by atoms with E-state index in [-0.39, 0.29) is 36.3 Å². The molecule has 23 heavy (non-hydrogen) atoms. The molecule has 1 aromatic carbocycles. The zero-order valence-electron chi connectivity index (χ0n) is 13.6. The van der Waals surface area contributed by atoms with Crippen LogP contribution >= 0.6 is 24.0 Å². The molecule has 0 radical (unpaired) electrons. The second-order valence-corrected chi connectivity index (χ2v) is 5.77. The molecule has 3 N–H and O–H groups in total. The van der Waals surface area contributed by atoms with Crippen molar-refractivity contribution in [1.82, 2.24) is 10.6 Å². The van der Waals surface area contributed by atoms with E-state index < -0.39 is 6.10 Å². The van der Waals surface area contributed by atoms with E-state index >= 15 is 0 Å². The smallest absolute Gasteiger partial charge is 0.191 e. The molecule has 6 heteroatoms. The van der Waals surface area contributed by atoms with Gasteiger partial charge in [0.15, 0.2) is 5.96 Å². The third-order valence-corrected chi connectivity index (χ3v) is 3.97. The van der Waals surface area contributed by atoms with E-state index in [2.05, 4.69) is 15.6 Å². The van der Waals surface area contributed by atoms with Gasteiger partial charge in [0.25, 0.3) is 0 Å². The largest absolute Gasteiger partial charge is 0.386 e. The molecule has 0 spiro atoms. The minimum absolute atomic E-state index is 0.